The van der Waals surface area contributed by atoms with Gasteiger partial charge in [0, 0.05) is 25.4 Å². The lowest BCUT2D eigenvalue weighted by Crippen LogP contribution is -2.50. The first-order valence-corrected chi connectivity index (χ1v) is 6.23. The van der Waals surface area contributed by atoms with Gasteiger partial charge in [-0.3, -0.25) is 14.4 Å². The predicted molar refractivity (Wildman–Crippen MR) is 65.3 cm³/mol. The van der Waals surface area contributed by atoms with Crippen LogP contribution in [0.4, 0.5) is 5.13 Å². The monoisotopic (exact) mass is 268 g/mol. The number of thiazole rings is 1. The standard InChI is InChI=1S/C10H12N4O3S/c1-6(15)12-10-13-7(5-18-10)9(17)14-3-2-11-8(16)4-14/h5H,2-4H2,1H3,(H,11,16)(H,12,13,15). The molecule has 1 aromatic rings. The first-order chi connectivity index (χ1) is 8.56. The van der Waals surface area contributed by atoms with Gasteiger partial charge in [0.05, 0.1) is 6.54 Å². The van der Waals surface area contributed by atoms with Crippen molar-refractivity contribution in [2.45, 2.75) is 6.92 Å². The lowest BCUT2D eigenvalue weighted by molar-refractivity contribution is -0.123. The Balaban J connectivity index is 2.06. The molecule has 8 heteroatoms. The quantitative estimate of drug-likeness (QED) is 0.768. The molecule has 0 atom stereocenters. The fraction of sp³-hybridized carbons (Fsp3) is 0.400. The van der Waals surface area contributed by atoms with Crippen molar-refractivity contribution in [2.75, 3.05) is 25.0 Å². The summed E-state index contributed by atoms with van der Waals surface area (Å²) in [6, 6.07) is 0. The molecule has 2 rings (SSSR count). The molecule has 7 nitrogen and oxygen atoms in total. The smallest absolute Gasteiger partial charge is 0.273 e. The van der Waals surface area contributed by atoms with Gasteiger partial charge in [-0.25, -0.2) is 4.98 Å². The van der Waals surface area contributed by atoms with E-state index >= 15 is 0 Å². The molecule has 2 heterocycles. The molecule has 1 aliphatic rings. The molecule has 0 saturated carbocycles. The fourth-order valence-corrected chi connectivity index (χ4v) is 2.28. The summed E-state index contributed by atoms with van der Waals surface area (Å²) in [6.45, 7) is 2.34. The van der Waals surface area contributed by atoms with Gasteiger partial charge >= 0.3 is 0 Å². The molecule has 0 aromatic carbocycles. The van der Waals surface area contributed by atoms with Gasteiger partial charge in [0.15, 0.2) is 5.13 Å². The predicted octanol–water partition coefficient (Wildman–Crippen LogP) is -0.327. The Labute approximate surface area is 107 Å². The van der Waals surface area contributed by atoms with E-state index in [4.69, 9.17) is 0 Å². The molecular formula is C10H12N4O3S. The first-order valence-electron chi connectivity index (χ1n) is 5.35. The van der Waals surface area contributed by atoms with Crippen molar-refractivity contribution in [1.82, 2.24) is 15.2 Å². The minimum Gasteiger partial charge on any atom is -0.353 e. The number of amides is 3. The Morgan fingerprint density at radius 3 is 3.00 bits per heavy atom. The van der Waals surface area contributed by atoms with Crippen LogP contribution in [0.15, 0.2) is 5.38 Å². The van der Waals surface area contributed by atoms with Crippen molar-refractivity contribution < 1.29 is 14.4 Å². The maximum atomic E-state index is 12.0. The molecule has 0 radical (unpaired) electrons. The zero-order chi connectivity index (χ0) is 13.1. The van der Waals surface area contributed by atoms with Crippen LogP contribution >= 0.6 is 11.3 Å². The third-order valence-corrected chi connectivity index (χ3v) is 3.09. The Morgan fingerprint density at radius 2 is 2.33 bits per heavy atom. The van der Waals surface area contributed by atoms with E-state index in [9.17, 15) is 14.4 Å². The van der Waals surface area contributed by atoms with Crippen LogP contribution in [0.3, 0.4) is 0 Å². The summed E-state index contributed by atoms with van der Waals surface area (Å²) >= 11 is 1.18. The number of hydrogen-bond acceptors (Lipinski definition) is 5. The van der Waals surface area contributed by atoms with Gasteiger partial charge in [-0.2, -0.15) is 0 Å². The highest BCUT2D eigenvalue weighted by Crippen LogP contribution is 2.16. The third kappa shape index (κ3) is 2.83. The zero-order valence-electron chi connectivity index (χ0n) is 9.73. The maximum absolute atomic E-state index is 12.0. The number of carbonyl (C=O) groups excluding carboxylic acids is 3. The molecule has 0 unspecified atom stereocenters. The summed E-state index contributed by atoms with van der Waals surface area (Å²) in [5, 5.41) is 7.10. The molecule has 1 fully saturated rings. The Kier molecular flexibility index (Phi) is 3.56. The average molecular weight is 268 g/mol. The highest BCUT2D eigenvalue weighted by molar-refractivity contribution is 7.14. The number of aromatic nitrogens is 1. The Bertz CT molecular complexity index is 499. The van der Waals surface area contributed by atoms with E-state index < -0.39 is 0 Å². The number of piperazine rings is 1. The highest BCUT2D eigenvalue weighted by atomic mass is 32.1. The van der Waals surface area contributed by atoms with Crippen LogP contribution in [0.2, 0.25) is 0 Å². The van der Waals surface area contributed by atoms with Crippen LogP contribution in [0.1, 0.15) is 17.4 Å². The largest absolute Gasteiger partial charge is 0.353 e. The number of rotatable bonds is 2. The molecule has 3 amide bonds. The van der Waals surface area contributed by atoms with Crippen molar-refractivity contribution >= 4 is 34.2 Å². The van der Waals surface area contributed by atoms with E-state index in [0.29, 0.717) is 18.2 Å². The zero-order valence-corrected chi connectivity index (χ0v) is 10.5. The molecule has 1 aromatic heterocycles. The van der Waals surface area contributed by atoms with E-state index in [1.165, 1.54) is 23.2 Å². The van der Waals surface area contributed by atoms with Gasteiger partial charge in [-0.1, -0.05) is 0 Å². The molecule has 18 heavy (non-hydrogen) atoms. The minimum absolute atomic E-state index is 0.0475. The summed E-state index contributed by atoms with van der Waals surface area (Å²) < 4.78 is 0. The van der Waals surface area contributed by atoms with Crippen LogP contribution in [0.5, 0.6) is 0 Å². The second-order valence-electron chi connectivity index (χ2n) is 3.80. The highest BCUT2D eigenvalue weighted by Gasteiger charge is 2.24. The Morgan fingerprint density at radius 1 is 1.56 bits per heavy atom. The van der Waals surface area contributed by atoms with Crippen LogP contribution in [0, 0.1) is 0 Å². The molecule has 1 aliphatic heterocycles. The number of nitrogens with one attached hydrogen (secondary N) is 2. The van der Waals surface area contributed by atoms with Gasteiger partial charge in [-0.05, 0) is 0 Å². The number of hydrogen-bond donors (Lipinski definition) is 2. The summed E-state index contributed by atoms with van der Waals surface area (Å²) in [6.07, 6.45) is 0. The van der Waals surface area contributed by atoms with Gasteiger partial charge in [-0.15, -0.1) is 11.3 Å². The van der Waals surface area contributed by atoms with Crippen molar-refractivity contribution in [3.8, 4) is 0 Å². The van der Waals surface area contributed by atoms with Crippen molar-refractivity contribution in [1.29, 1.82) is 0 Å². The van der Waals surface area contributed by atoms with Crippen molar-refractivity contribution in [3.05, 3.63) is 11.1 Å². The molecular weight excluding hydrogens is 256 g/mol. The van der Waals surface area contributed by atoms with Crippen molar-refractivity contribution in [2.24, 2.45) is 0 Å². The van der Waals surface area contributed by atoms with Gasteiger partial charge in [0.2, 0.25) is 11.8 Å². The number of anilines is 1. The molecule has 0 bridgehead atoms. The molecule has 2 N–H and O–H groups in total. The third-order valence-electron chi connectivity index (χ3n) is 2.33. The summed E-state index contributed by atoms with van der Waals surface area (Å²) in [5.74, 6) is -0.703. The SMILES string of the molecule is CC(=O)Nc1nc(C(=O)N2CCNC(=O)C2)cs1. The Hall–Kier alpha value is -1.96. The van der Waals surface area contributed by atoms with E-state index in [-0.39, 0.29) is 30.0 Å². The fourth-order valence-electron chi connectivity index (χ4n) is 1.55. The van der Waals surface area contributed by atoms with Gasteiger partial charge < -0.3 is 15.5 Å². The van der Waals surface area contributed by atoms with Gasteiger partial charge in [0.1, 0.15) is 5.69 Å². The van der Waals surface area contributed by atoms with Crippen LogP contribution in [-0.4, -0.2) is 47.2 Å². The molecule has 1 saturated heterocycles. The lowest BCUT2D eigenvalue weighted by atomic mass is 10.3. The molecule has 0 aliphatic carbocycles. The van der Waals surface area contributed by atoms with Crippen LogP contribution in [-0.2, 0) is 9.59 Å². The second kappa shape index (κ2) is 5.13. The second-order valence-corrected chi connectivity index (χ2v) is 4.65. The van der Waals surface area contributed by atoms with Crippen LogP contribution in [0.25, 0.3) is 0 Å². The van der Waals surface area contributed by atoms with E-state index in [0.717, 1.165) is 0 Å². The number of nitrogens with zero attached hydrogens (tertiary/aromatic N) is 2. The minimum atomic E-state index is -0.294. The summed E-state index contributed by atoms with van der Waals surface area (Å²) in [4.78, 5) is 39.5. The lowest BCUT2D eigenvalue weighted by Gasteiger charge is -2.25. The summed E-state index contributed by atoms with van der Waals surface area (Å²) in [5.41, 5.74) is 0.249. The average Bonchev–Trinajstić information content (AvgIpc) is 2.75. The molecule has 96 valence electrons. The summed E-state index contributed by atoms with van der Waals surface area (Å²) in [7, 11) is 0. The normalized spacial score (nSPS) is 15.2. The van der Waals surface area contributed by atoms with E-state index in [1.807, 2.05) is 0 Å². The van der Waals surface area contributed by atoms with E-state index in [2.05, 4.69) is 15.6 Å². The molecule has 0 spiro atoms. The van der Waals surface area contributed by atoms with E-state index in [1.54, 1.807) is 5.38 Å². The topological polar surface area (TPSA) is 91.4 Å². The van der Waals surface area contributed by atoms with Gasteiger partial charge in [0.25, 0.3) is 5.91 Å². The first kappa shape index (κ1) is 12.5. The van der Waals surface area contributed by atoms with Crippen molar-refractivity contribution in [3.63, 3.8) is 0 Å². The number of carbonyl (C=O) groups is 3. The maximum Gasteiger partial charge on any atom is 0.273 e. The van der Waals surface area contributed by atoms with Crippen LogP contribution < -0.4 is 10.6 Å².